The second-order valence-corrected chi connectivity index (χ2v) is 4.69. The molecule has 0 aliphatic rings. The van der Waals surface area contributed by atoms with Crippen molar-refractivity contribution < 1.29 is 13.2 Å². The van der Waals surface area contributed by atoms with Crippen LogP contribution in [0.4, 0.5) is 4.39 Å². The molecule has 1 atom stereocenters. The number of benzene rings is 1. The van der Waals surface area contributed by atoms with Crippen molar-refractivity contribution in [2.75, 3.05) is 0 Å². The summed E-state index contributed by atoms with van der Waals surface area (Å²) < 4.78 is 29.0. The number of aryl methyl sites for hydroxylation is 1. The molecule has 1 unspecified atom stereocenters. The van der Waals surface area contributed by atoms with Crippen LogP contribution in [0.25, 0.3) is 0 Å². The zero-order chi connectivity index (χ0) is 11.5. The maximum Gasteiger partial charge on any atom is 0.123 e. The molecular weight excluding hydrogens is 231 g/mol. The van der Waals surface area contributed by atoms with E-state index in [0.717, 1.165) is 0 Å². The minimum atomic E-state index is -1.26. The second-order valence-electron chi connectivity index (χ2n) is 3.24. The number of hydrogen-bond donors (Lipinski definition) is 0. The zero-order valence-electron chi connectivity index (χ0n) is 8.51. The Hall–Kier alpha value is -1.56. The molecule has 0 saturated carbocycles. The van der Waals surface area contributed by atoms with E-state index in [4.69, 9.17) is 0 Å². The molecule has 1 aromatic heterocycles. The fraction of sp³-hybridized carbons (Fsp3) is 0.200. The van der Waals surface area contributed by atoms with Crippen molar-refractivity contribution >= 4 is 10.8 Å². The Morgan fingerprint density at radius 1 is 1.31 bits per heavy atom. The van der Waals surface area contributed by atoms with Crippen LogP contribution >= 0.6 is 0 Å². The SMILES string of the molecule is Cc1nonc1CS(=O)c1ccc(F)cc1. The highest BCUT2D eigenvalue weighted by Gasteiger charge is 2.11. The Bertz CT molecular complexity index is 510. The van der Waals surface area contributed by atoms with Gasteiger partial charge in [-0.25, -0.2) is 9.02 Å². The van der Waals surface area contributed by atoms with Gasteiger partial charge in [-0.2, -0.15) is 0 Å². The van der Waals surface area contributed by atoms with E-state index in [2.05, 4.69) is 14.9 Å². The van der Waals surface area contributed by atoms with E-state index in [1.165, 1.54) is 24.3 Å². The van der Waals surface area contributed by atoms with Crippen LogP contribution in [-0.4, -0.2) is 14.5 Å². The first kappa shape index (κ1) is 10.9. The molecule has 6 heteroatoms. The lowest BCUT2D eigenvalue weighted by Crippen LogP contribution is -1.98. The van der Waals surface area contributed by atoms with E-state index in [0.29, 0.717) is 16.3 Å². The molecule has 0 fully saturated rings. The van der Waals surface area contributed by atoms with Crippen LogP contribution < -0.4 is 0 Å². The van der Waals surface area contributed by atoms with Crippen molar-refractivity contribution in [1.82, 2.24) is 10.3 Å². The van der Waals surface area contributed by atoms with E-state index in [9.17, 15) is 8.60 Å². The molecule has 16 heavy (non-hydrogen) atoms. The summed E-state index contributed by atoms with van der Waals surface area (Å²) in [6, 6.07) is 5.55. The summed E-state index contributed by atoms with van der Waals surface area (Å²) in [5, 5.41) is 7.24. The molecule has 2 rings (SSSR count). The Morgan fingerprint density at radius 3 is 2.56 bits per heavy atom. The Balaban J connectivity index is 2.15. The summed E-state index contributed by atoms with van der Waals surface area (Å²) in [6.45, 7) is 1.73. The number of halogens is 1. The van der Waals surface area contributed by atoms with Crippen LogP contribution in [0.1, 0.15) is 11.4 Å². The standard InChI is InChI=1S/C10H9FN2O2S/c1-7-10(13-15-12-7)6-16(14)9-4-2-8(11)3-5-9/h2-5H,6H2,1H3. The van der Waals surface area contributed by atoms with Crippen molar-refractivity contribution in [2.45, 2.75) is 17.6 Å². The molecule has 0 aliphatic heterocycles. The Kier molecular flexibility index (Phi) is 3.09. The Morgan fingerprint density at radius 2 is 2.00 bits per heavy atom. The molecule has 0 aliphatic carbocycles. The molecule has 0 saturated heterocycles. The lowest BCUT2D eigenvalue weighted by Gasteiger charge is -1.99. The van der Waals surface area contributed by atoms with Crippen LogP contribution in [0.15, 0.2) is 33.8 Å². The molecule has 0 amide bonds. The van der Waals surface area contributed by atoms with Gasteiger partial charge in [0, 0.05) is 4.90 Å². The fourth-order valence-electron chi connectivity index (χ4n) is 1.17. The predicted octanol–water partition coefficient (Wildman–Crippen LogP) is 1.82. The van der Waals surface area contributed by atoms with Crippen LogP contribution in [0.5, 0.6) is 0 Å². The molecular formula is C10H9FN2O2S. The average molecular weight is 240 g/mol. The first-order valence-corrected chi connectivity index (χ1v) is 5.90. The second kappa shape index (κ2) is 4.52. The third-order valence-corrected chi connectivity index (χ3v) is 3.42. The largest absolute Gasteiger partial charge is 0.254 e. The average Bonchev–Trinajstić information content (AvgIpc) is 2.65. The zero-order valence-corrected chi connectivity index (χ0v) is 9.33. The quantitative estimate of drug-likeness (QED) is 0.821. The third kappa shape index (κ3) is 2.33. The van der Waals surface area contributed by atoms with E-state index < -0.39 is 10.8 Å². The van der Waals surface area contributed by atoms with Gasteiger partial charge in [0.05, 0.1) is 16.6 Å². The number of nitrogens with zero attached hydrogens (tertiary/aromatic N) is 2. The van der Waals surface area contributed by atoms with Crippen molar-refractivity contribution in [1.29, 1.82) is 0 Å². The molecule has 0 spiro atoms. The molecule has 1 aromatic carbocycles. The monoisotopic (exact) mass is 240 g/mol. The minimum Gasteiger partial charge on any atom is -0.254 e. The Labute approximate surface area is 93.9 Å². The number of hydrogen-bond acceptors (Lipinski definition) is 4. The topological polar surface area (TPSA) is 56.0 Å². The van der Waals surface area contributed by atoms with Gasteiger partial charge >= 0.3 is 0 Å². The summed E-state index contributed by atoms with van der Waals surface area (Å²) in [7, 11) is -1.26. The molecule has 0 radical (unpaired) electrons. The van der Waals surface area contributed by atoms with Gasteiger partial charge in [-0.15, -0.1) is 0 Å². The summed E-state index contributed by atoms with van der Waals surface area (Å²) in [4.78, 5) is 0.559. The summed E-state index contributed by atoms with van der Waals surface area (Å²) in [6.07, 6.45) is 0. The summed E-state index contributed by atoms with van der Waals surface area (Å²) in [5.41, 5.74) is 1.18. The highest BCUT2D eigenvalue weighted by atomic mass is 32.2. The van der Waals surface area contributed by atoms with Gasteiger partial charge in [-0.05, 0) is 31.2 Å². The summed E-state index contributed by atoms with van der Waals surface area (Å²) in [5.74, 6) is -0.124. The highest BCUT2D eigenvalue weighted by Crippen LogP contribution is 2.13. The van der Waals surface area contributed by atoms with Gasteiger partial charge in [0.1, 0.15) is 17.2 Å². The van der Waals surface area contributed by atoms with Crippen molar-refractivity contribution in [3.63, 3.8) is 0 Å². The van der Waals surface area contributed by atoms with Gasteiger partial charge in [-0.1, -0.05) is 10.3 Å². The maximum absolute atomic E-state index is 12.7. The van der Waals surface area contributed by atoms with Gasteiger partial charge in [0.2, 0.25) is 0 Å². The van der Waals surface area contributed by atoms with Gasteiger partial charge in [-0.3, -0.25) is 4.21 Å². The van der Waals surface area contributed by atoms with Crippen LogP contribution in [0, 0.1) is 12.7 Å². The van der Waals surface area contributed by atoms with Gasteiger partial charge in [0.25, 0.3) is 0 Å². The third-order valence-electron chi connectivity index (χ3n) is 2.09. The predicted molar refractivity (Wildman–Crippen MR) is 55.5 cm³/mol. The molecule has 0 N–H and O–H groups in total. The minimum absolute atomic E-state index is 0.223. The lowest BCUT2D eigenvalue weighted by atomic mass is 10.3. The van der Waals surface area contributed by atoms with Gasteiger partial charge in [0.15, 0.2) is 0 Å². The molecule has 84 valence electrons. The maximum atomic E-state index is 12.7. The number of aromatic nitrogens is 2. The van der Waals surface area contributed by atoms with Crippen LogP contribution in [-0.2, 0) is 16.6 Å². The van der Waals surface area contributed by atoms with E-state index >= 15 is 0 Å². The highest BCUT2D eigenvalue weighted by molar-refractivity contribution is 7.84. The van der Waals surface area contributed by atoms with Crippen molar-refractivity contribution in [3.05, 3.63) is 41.5 Å². The van der Waals surface area contributed by atoms with E-state index in [1.54, 1.807) is 6.92 Å². The van der Waals surface area contributed by atoms with Crippen LogP contribution in [0.3, 0.4) is 0 Å². The molecule has 0 bridgehead atoms. The lowest BCUT2D eigenvalue weighted by molar-refractivity contribution is 0.302. The van der Waals surface area contributed by atoms with Crippen LogP contribution in [0.2, 0.25) is 0 Å². The van der Waals surface area contributed by atoms with Gasteiger partial charge < -0.3 is 0 Å². The first-order chi connectivity index (χ1) is 7.66. The van der Waals surface area contributed by atoms with E-state index in [1.807, 2.05) is 0 Å². The first-order valence-electron chi connectivity index (χ1n) is 4.59. The van der Waals surface area contributed by atoms with Crippen molar-refractivity contribution in [2.24, 2.45) is 0 Å². The molecule has 2 aromatic rings. The molecule has 4 nitrogen and oxygen atoms in total. The normalized spacial score (nSPS) is 12.6. The summed E-state index contributed by atoms with van der Waals surface area (Å²) >= 11 is 0. The van der Waals surface area contributed by atoms with E-state index in [-0.39, 0.29) is 11.6 Å². The molecule has 1 heterocycles. The smallest absolute Gasteiger partial charge is 0.123 e. The van der Waals surface area contributed by atoms with Crippen molar-refractivity contribution in [3.8, 4) is 0 Å². The number of rotatable bonds is 3. The fourth-order valence-corrected chi connectivity index (χ4v) is 2.29.